The average molecular weight is 340 g/mol. The van der Waals surface area contributed by atoms with Crippen molar-refractivity contribution in [2.45, 2.75) is 11.1 Å². The van der Waals surface area contributed by atoms with Gasteiger partial charge in [-0.2, -0.15) is 4.31 Å². The molecule has 0 amide bonds. The van der Waals surface area contributed by atoms with E-state index in [0.29, 0.717) is 26.2 Å². The molecule has 7 nitrogen and oxygen atoms in total. The number of likely N-dealkylation sites (N-methyl/N-ethyl adjacent to an activating group) is 1. The van der Waals surface area contributed by atoms with Crippen molar-refractivity contribution in [1.29, 1.82) is 0 Å². The van der Waals surface area contributed by atoms with E-state index in [0.717, 1.165) is 23.9 Å². The maximum Gasteiger partial charge on any atom is 0.300 e. The summed E-state index contributed by atoms with van der Waals surface area (Å²) in [4.78, 5) is 12.2. The van der Waals surface area contributed by atoms with Gasteiger partial charge in [0.15, 0.2) is 4.34 Å². The molecule has 0 bridgehead atoms. The second-order valence-electron chi connectivity index (χ2n) is 4.32. The molecule has 1 aromatic heterocycles. The first-order valence-corrected chi connectivity index (χ1v) is 8.66. The Hall–Kier alpha value is -0.740. The van der Waals surface area contributed by atoms with Crippen molar-refractivity contribution >= 4 is 38.6 Å². The van der Waals surface area contributed by atoms with Crippen LogP contribution in [0.5, 0.6) is 0 Å². The number of rotatable bonds is 4. The lowest BCUT2D eigenvalue weighted by Crippen LogP contribution is -2.48. The summed E-state index contributed by atoms with van der Waals surface area (Å²) in [6.07, 6.45) is 0. The summed E-state index contributed by atoms with van der Waals surface area (Å²) in [5, 5.41) is 10.7. The van der Waals surface area contributed by atoms with Gasteiger partial charge < -0.3 is 4.90 Å². The number of sulfonamides is 1. The van der Waals surface area contributed by atoms with Crippen LogP contribution >= 0.6 is 22.9 Å². The van der Waals surface area contributed by atoms with Crippen LogP contribution in [0, 0.1) is 10.1 Å². The first kappa shape index (κ1) is 15.6. The van der Waals surface area contributed by atoms with E-state index in [1.54, 1.807) is 0 Å². The summed E-state index contributed by atoms with van der Waals surface area (Å²) in [6.45, 7) is 5.00. The van der Waals surface area contributed by atoms with Crippen LogP contribution in [0.4, 0.5) is 5.69 Å². The number of hydrogen-bond acceptors (Lipinski definition) is 6. The van der Waals surface area contributed by atoms with Crippen molar-refractivity contribution in [2.24, 2.45) is 0 Å². The zero-order valence-electron chi connectivity index (χ0n) is 10.8. The number of nitrogens with zero attached hydrogens (tertiary/aromatic N) is 3. The molecule has 1 aliphatic rings. The summed E-state index contributed by atoms with van der Waals surface area (Å²) >= 11 is 6.45. The van der Waals surface area contributed by atoms with Crippen LogP contribution in [0.1, 0.15) is 6.92 Å². The van der Waals surface area contributed by atoms with Gasteiger partial charge in [-0.25, -0.2) is 8.42 Å². The number of hydrogen-bond donors (Lipinski definition) is 0. The van der Waals surface area contributed by atoms with Gasteiger partial charge in [0.1, 0.15) is 4.21 Å². The molecule has 0 saturated carbocycles. The van der Waals surface area contributed by atoms with Crippen molar-refractivity contribution in [3.05, 3.63) is 20.5 Å². The highest BCUT2D eigenvalue weighted by atomic mass is 35.5. The third kappa shape index (κ3) is 2.96. The van der Waals surface area contributed by atoms with Crippen LogP contribution in [0.2, 0.25) is 4.34 Å². The van der Waals surface area contributed by atoms with Gasteiger partial charge >= 0.3 is 0 Å². The molecule has 0 radical (unpaired) electrons. The molecule has 1 aromatic rings. The number of nitro groups is 1. The SMILES string of the molecule is CCN1CCN(S(=O)(=O)c2cc([N+](=O)[O-])c(Cl)s2)CC1. The average Bonchev–Trinajstić information content (AvgIpc) is 2.82. The highest BCUT2D eigenvalue weighted by Gasteiger charge is 2.32. The fraction of sp³-hybridized carbons (Fsp3) is 0.600. The van der Waals surface area contributed by atoms with E-state index < -0.39 is 14.9 Å². The maximum absolute atomic E-state index is 12.4. The molecular weight excluding hydrogens is 326 g/mol. The number of thiophene rings is 1. The molecule has 1 saturated heterocycles. The Morgan fingerprint density at radius 1 is 1.40 bits per heavy atom. The molecule has 1 aliphatic heterocycles. The van der Waals surface area contributed by atoms with Crippen LogP contribution in [0.25, 0.3) is 0 Å². The molecule has 1 fully saturated rings. The Morgan fingerprint density at radius 2 is 2.00 bits per heavy atom. The summed E-state index contributed by atoms with van der Waals surface area (Å²) in [5.41, 5.74) is -0.359. The lowest BCUT2D eigenvalue weighted by molar-refractivity contribution is -0.384. The van der Waals surface area contributed by atoms with Gasteiger partial charge in [0.25, 0.3) is 15.7 Å². The van der Waals surface area contributed by atoms with Crippen molar-refractivity contribution in [3.63, 3.8) is 0 Å². The highest BCUT2D eigenvalue weighted by Crippen LogP contribution is 2.37. The summed E-state index contributed by atoms with van der Waals surface area (Å²) < 4.78 is 26.0. The fourth-order valence-electron chi connectivity index (χ4n) is 2.00. The minimum atomic E-state index is -3.69. The second kappa shape index (κ2) is 5.94. The van der Waals surface area contributed by atoms with Gasteiger partial charge in [-0.1, -0.05) is 18.5 Å². The zero-order chi connectivity index (χ0) is 14.9. The molecule has 112 valence electrons. The minimum Gasteiger partial charge on any atom is -0.301 e. The third-order valence-corrected chi connectivity index (χ3v) is 6.90. The Kier molecular flexibility index (Phi) is 4.65. The molecule has 10 heteroatoms. The lowest BCUT2D eigenvalue weighted by Gasteiger charge is -2.32. The minimum absolute atomic E-state index is 0.0702. The van der Waals surface area contributed by atoms with Gasteiger partial charge in [0, 0.05) is 32.2 Å². The van der Waals surface area contributed by atoms with E-state index >= 15 is 0 Å². The number of piperazine rings is 1. The molecule has 2 heterocycles. The van der Waals surface area contributed by atoms with Crippen LogP contribution in [-0.4, -0.2) is 55.3 Å². The molecule has 0 spiro atoms. The van der Waals surface area contributed by atoms with Gasteiger partial charge in [0.2, 0.25) is 0 Å². The predicted molar refractivity (Wildman–Crippen MR) is 76.9 cm³/mol. The van der Waals surface area contributed by atoms with Crippen LogP contribution < -0.4 is 0 Å². The molecule has 20 heavy (non-hydrogen) atoms. The monoisotopic (exact) mass is 339 g/mol. The van der Waals surface area contributed by atoms with E-state index in [1.807, 2.05) is 6.92 Å². The van der Waals surface area contributed by atoms with Crippen molar-refractivity contribution in [1.82, 2.24) is 9.21 Å². The molecule has 0 aromatic carbocycles. The molecule has 0 N–H and O–H groups in total. The summed E-state index contributed by atoms with van der Waals surface area (Å²) in [6, 6.07) is 1.04. The quantitative estimate of drug-likeness (QED) is 0.615. The van der Waals surface area contributed by atoms with Gasteiger partial charge in [0.05, 0.1) is 4.92 Å². The normalized spacial score (nSPS) is 18.3. The zero-order valence-corrected chi connectivity index (χ0v) is 13.2. The predicted octanol–water partition coefficient (Wildman–Crippen LogP) is 1.64. The van der Waals surface area contributed by atoms with Crippen LogP contribution in [0.15, 0.2) is 10.3 Å². The Labute approximate surface area is 125 Å². The Bertz CT molecular complexity index is 608. The van der Waals surface area contributed by atoms with E-state index in [-0.39, 0.29) is 14.2 Å². The standard InChI is InChI=1S/C10H14ClN3O4S2/c1-2-12-3-5-13(6-4-12)20(17,18)9-7-8(14(15)16)10(11)19-9/h7H,2-6H2,1H3. The first-order chi connectivity index (χ1) is 9.36. The largest absolute Gasteiger partial charge is 0.301 e. The number of halogens is 1. The Balaban J connectivity index is 2.23. The van der Waals surface area contributed by atoms with Crippen LogP contribution in [-0.2, 0) is 10.0 Å². The molecule has 0 atom stereocenters. The topological polar surface area (TPSA) is 83.8 Å². The molecule has 0 unspecified atom stereocenters. The lowest BCUT2D eigenvalue weighted by atomic mass is 10.4. The molecular formula is C10H14ClN3O4S2. The summed E-state index contributed by atoms with van der Waals surface area (Å²) in [7, 11) is -3.69. The van der Waals surface area contributed by atoms with Crippen molar-refractivity contribution < 1.29 is 13.3 Å². The maximum atomic E-state index is 12.4. The molecule has 0 aliphatic carbocycles. The van der Waals surface area contributed by atoms with Gasteiger partial charge in [-0.05, 0) is 6.54 Å². The smallest absolute Gasteiger partial charge is 0.300 e. The van der Waals surface area contributed by atoms with E-state index in [1.165, 1.54) is 4.31 Å². The Morgan fingerprint density at radius 3 is 2.45 bits per heavy atom. The summed E-state index contributed by atoms with van der Waals surface area (Å²) in [5.74, 6) is 0. The van der Waals surface area contributed by atoms with E-state index in [2.05, 4.69) is 4.90 Å². The second-order valence-corrected chi connectivity index (χ2v) is 8.14. The molecule has 2 rings (SSSR count). The van der Waals surface area contributed by atoms with Crippen molar-refractivity contribution in [2.75, 3.05) is 32.7 Å². The van der Waals surface area contributed by atoms with Crippen LogP contribution in [0.3, 0.4) is 0 Å². The van der Waals surface area contributed by atoms with E-state index in [4.69, 9.17) is 11.6 Å². The fourth-order valence-corrected chi connectivity index (χ4v) is 5.25. The third-order valence-electron chi connectivity index (χ3n) is 3.22. The van der Waals surface area contributed by atoms with Gasteiger partial charge in [-0.3, -0.25) is 10.1 Å². The van der Waals surface area contributed by atoms with E-state index in [9.17, 15) is 18.5 Å². The highest BCUT2D eigenvalue weighted by molar-refractivity contribution is 7.91. The first-order valence-electron chi connectivity index (χ1n) is 6.02. The van der Waals surface area contributed by atoms with Crippen molar-refractivity contribution in [3.8, 4) is 0 Å². The van der Waals surface area contributed by atoms with Gasteiger partial charge in [-0.15, -0.1) is 11.3 Å².